The number of aliphatic hydroxyl groups is 3. The molecule has 8 heterocycles. The molecule has 76 heavy (non-hydrogen) atoms. The molecule has 6 aliphatic heterocycles. The number of imidazole rings is 1. The van der Waals surface area contributed by atoms with Gasteiger partial charge in [0.15, 0.2) is 24.2 Å². The summed E-state index contributed by atoms with van der Waals surface area (Å²) in [6.07, 6.45) is 8.55. The molecule has 0 unspecified atom stereocenters. The molecule has 4 fully saturated rings. The first-order valence-electron chi connectivity index (χ1n) is 27.1. The number of aliphatic hydroxyl groups excluding tert-OH is 2. The lowest BCUT2D eigenvalue weighted by atomic mass is 9.71. The van der Waals surface area contributed by atoms with Crippen molar-refractivity contribution in [2.24, 2.45) is 23.7 Å². The first-order valence-corrected chi connectivity index (χ1v) is 28.1. The minimum absolute atomic E-state index is 0.0317. The fourth-order valence-electron chi connectivity index (χ4n) is 12.0. The summed E-state index contributed by atoms with van der Waals surface area (Å²) >= 11 is 1.57. The summed E-state index contributed by atoms with van der Waals surface area (Å²) in [5.74, 6) is -1.72. The van der Waals surface area contributed by atoms with Gasteiger partial charge in [0.2, 0.25) is 0 Å². The van der Waals surface area contributed by atoms with Crippen molar-refractivity contribution in [2.75, 3.05) is 20.8 Å². The Hall–Kier alpha value is -3.99. The number of ether oxygens (including phenoxy) is 10. The van der Waals surface area contributed by atoms with Crippen molar-refractivity contribution in [3.63, 3.8) is 0 Å². The predicted molar refractivity (Wildman–Crippen MR) is 285 cm³/mol. The van der Waals surface area contributed by atoms with E-state index in [2.05, 4.69) is 54.8 Å². The van der Waals surface area contributed by atoms with Crippen LogP contribution in [0, 0.1) is 23.7 Å². The second kappa shape index (κ2) is 24.2. The molecule has 416 valence electrons. The fraction of sp³-hybridized carbons (Fsp3) is 0.638. The molecule has 3 aromatic rings. The van der Waals surface area contributed by atoms with Crippen LogP contribution in [-0.4, -0.2) is 154 Å². The number of aromatic amines is 1. The number of carbonyl (C=O) groups is 1. The average molecular weight is 1070 g/mol. The second-order valence-electron chi connectivity index (χ2n) is 21.9. The summed E-state index contributed by atoms with van der Waals surface area (Å²) < 4.78 is 63.7. The number of thiazole rings is 1. The number of nitrogens with zero attached hydrogens (tertiary/aromatic N) is 2. The average Bonchev–Trinajstić information content (AvgIpc) is 4.22. The van der Waals surface area contributed by atoms with Gasteiger partial charge in [0.1, 0.15) is 47.7 Å². The van der Waals surface area contributed by atoms with E-state index in [1.165, 1.54) is 0 Å². The molecule has 20 atom stereocenters. The molecule has 1 aromatic carbocycles. The summed E-state index contributed by atoms with van der Waals surface area (Å²) in [4.78, 5) is 26.2. The number of fused-ring (bicyclic) bond motifs is 3. The third-order valence-electron chi connectivity index (χ3n) is 16.6. The Morgan fingerprint density at radius 1 is 0.921 bits per heavy atom. The summed E-state index contributed by atoms with van der Waals surface area (Å²) in [5.41, 5.74) is 4.88. The van der Waals surface area contributed by atoms with Crippen LogP contribution in [0.25, 0.3) is 22.6 Å². The molecule has 10 rings (SSSR count). The number of rotatable bonds is 9. The van der Waals surface area contributed by atoms with Crippen molar-refractivity contribution in [3.05, 3.63) is 94.4 Å². The largest absolute Gasteiger partial charge is 0.462 e. The van der Waals surface area contributed by atoms with Gasteiger partial charge in [-0.15, -0.1) is 11.3 Å². The van der Waals surface area contributed by atoms with Gasteiger partial charge in [-0.3, -0.25) is 4.79 Å². The van der Waals surface area contributed by atoms with Crippen LogP contribution in [0.15, 0.2) is 94.4 Å². The summed E-state index contributed by atoms with van der Waals surface area (Å²) in [7, 11) is 3.22. The number of hydrogen-bond donors (Lipinski definition) is 4. The lowest BCUT2D eigenvalue weighted by Gasteiger charge is -2.48. The molecule has 1 spiro atoms. The molecule has 0 amide bonds. The molecule has 4 N–H and O–H groups in total. The predicted octanol–water partition coefficient (Wildman–Crippen LogP) is 8.06. The number of benzene rings is 1. The van der Waals surface area contributed by atoms with Gasteiger partial charge < -0.3 is 67.7 Å². The van der Waals surface area contributed by atoms with Crippen molar-refractivity contribution in [2.45, 2.75) is 191 Å². The van der Waals surface area contributed by atoms with E-state index < -0.39 is 90.8 Å². The molecule has 7 aliphatic rings. The summed E-state index contributed by atoms with van der Waals surface area (Å²) in [6.45, 7) is 16.1. The van der Waals surface area contributed by atoms with Crippen LogP contribution in [0.2, 0.25) is 0 Å². The zero-order valence-corrected chi connectivity index (χ0v) is 46.3. The third kappa shape index (κ3) is 12.0. The van der Waals surface area contributed by atoms with E-state index in [4.69, 9.17) is 47.4 Å². The third-order valence-corrected chi connectivity index (χ3v) is 17.2. The number of nitrogens with one attached hydrogen (secondary N) is 1. The Bertz CT molecular complexity index is 2570. The molecule has 18 heteroatoms. The van der Waals surface area contributed by atoms with Crippen LogP contribution < -0.4 is 0 Å². The van der Waals surface area contributed by atoms with E-state index in [9.17, 15) is 20.1 Å². The van der Waals surface area contributed by atoms with E-state index in [1.807, 2.05) is 67.2 Å². The van der Waals surface area contributed by atoms with Gasteiger partial charge in [-0.1, -0.05) is 82.7 Å². The highest BCUT2D eigenvalue weighted by molar-refractivity contribution is 7.07. The van der Waals surface area contributed by atoms with Crippen molar-refractivity contribution >= 4 is 28.3 Å². The number of allylic oxidation sites excluding steroid dienone is 2. The normalized spacial score (nSPS) is 42.1. The van der Waals surface area contributed by atoms with E-state index in [0.717, 1.165) is 34.5 Å². The monoisotopic (exact) mass is 1070 g/mol. The molecule has 1 aliphatic carbocycles. The Labute approximate surface area is 450 Å². The first kappa shape index (κ1) is 56.7. The lowest BCUT2D eigenvalue weighted by Crippen LogP contribution is -2.58. The van der Waals surface area contributed by atoms with Gasteiger partial charge in [-0.25, -0.2) is 9.97 Å². The number of H-pyrrole nitrogens is 1. The summed E-state index contributed by atoms with van der Waals surface area (Å²) in [5, 5.41) is 36.2. The standard InChI is InChI=1S/C48H72O14.C10H7N3S/c1-11-25(2)43-28(5)17-18-47(62-43)23-34-20-33(61-47)16-15-27(4)42(26(3)13-12-14-32-24-55-45-40(49)29(6)19-35(46(51)58-34)48(32,45)52)59-39-22-37(54-10)44(31(8)57-39)60-38-21-36(53-9)41(50)30(7)56-38;1-2-4-8-7(3-1)12-10(13-8)9-5-14-6-11-9/h12-15,17-19,25-26,28,30-31,33-45,49-50,52H,11,16,20-24H2,1-10H3;1-6H,(H,12,13)/b13-12+,27-15+,32-14+;/t25-,26-,28-,30-,31-,33+,34-,35-,36-,37-,38-,39-,40+,41-,42-,43+,44-,45+,47+,48+;/m0./s1. The van der Waals surface area contributed by atoms with Crippen molar-refractivity contribution in [1.29, 1.82) is 0 Å². The Morgan fingerprint density at radius 3 is 2.41 bits per heavy atom. The topological polar surface area (TPSA) is 212 Å². The fourth-order valence-corrected chi connectivity index (χ4v) is 12.5. The van der Waals surface area contributed by atoms with Gasteiger partial charge in [-0.05, 0) is 75.0 Å². The maximum atomic E-state index is 14.3. The van der Waals surface area contributed by atoms with E-state index in [-0.39, 0.29) is 42.7 Å². The van der Waals surface area contributed by atoms with Crippen LogP contribution in [0.3, 0.4) is 0 Å². The summed E-state index contributed by atoms with van der Waals surface area (Å²) in [6, 6.07) is 7.97. The molecule has 0 saturated carbocycles. The van der Waals surface area contributed by atoms with Gasteiger partial charge in [-0.2, -0.15) is 0 Å². The van der Waals surface area contributed by atoms with E-state index in [0.29, 0.717) is 43.3 Å². The number of hydrogen-bond acceptors (Lipinski definition) is 17. The Balaban J connectivity index is 0.000000430. The second-order valence-corrected chi connectivity index (χ2v) is 22.7. The van der Waals surface area contributed by atoms with Crippen molar-refractivity contribution in [3.8, 4) is 11.5 Å². The molecular weight excluding hydrogens is 995 g/mol. The number of esters is 1. The molecule has 4 saturated heterocycles. The minimum atomic E-state index is -1.84. The maximum Gasteiger partial charge on any atom is 0.316 e. The van der Waals surface area contributed by atoms with Crippen LogP contribution >= 0.6 is 11.3 Å². The molecule has 2 aromatic heterocycles. The van der Waals surface area contributed by atoms with Crippen LogP contribution in [-0.2, 0) is 52.2 Å². The van der Waals surface area contributed by atoms with Crippen LogP contribution in [0.5, 0.6) is 0 Å². The zero-order chi connectivity index (χ0) is 54.1. The van der Waals surface area contributed by atoms with Gasteiger partial charge in [0.25, 0.3) is 0 Å². The number of carbonyl (C=O) groups excluding carboxylic acids is 1. The smallest absolute Gasteiger partial charge is 0.316 e. The van der Waals surface area contributed by atoms with E-state index in [1.54, 1.807) is 51.6 Å². The number of aromatic nitrogens is 3. The van der Waals surface area contributed by atoms with Crippen LogP contribution in [0.4, 0.5) is 0 Å². The molecular formula is C58H79N3O14S. The quantitative estimate of drug-likeness (QED) is 0.118. The SMILES string of the molecule is CC[C@H](C)[C@H]1O[C@]2(C=C[C@@H]1C)C[C@@H]1C[C@@H](C/C=C(\C)[C@@H](O[C@H]3C[C@H](OC)[C@@H](O[C@H]4C[C@H](OC)[C@@H](O)[C@H](C)O4)[C@H](C)O3)[C@@H](C)/C=C/C=C3\CO[C@@H]4[C@H](O)C(C)=C[C@@H](C(=O)O1)[C@]34O)O2.c1ccc2[nH]c(-c3cscn3)nc2c1. The van der Waals surface area contributed by atoms with Crippen molar-refractivity contribution < 1.29 is 67.5 Å². The number of methoxy groups -OCH3 is 2. The van der Waals surface area contributed by atoms with Gasteiger partial charge in [0, 0.05) is 57.1 Å². The van der Waals surface area contributed by atoms with Crippen molar-refractivity contribution in [1.82, 2.24) is 15.0 Å². The molecule has 0 radical (unpaired) electrons. The maximum absolute atomic E-state index is 14.3. The number of para-hydroxylation sites is 2. The Morgan fingerprint density at radius 2 is 1.67 bits per heavy atom. The first-order chi connectivity index (χ1) is 36.4. The highest BCUT2D eigenvalue weighted by Gasteiger charge is 2.60. The zero-order valence-electron chi connectivity index (χ0n) is 45.5. The van der Waals surface area contributed by atoms with E-state index >= 15 is 0 Å². The lowest BCUT2D eigenvalue weighted by molar-refractivity contribution is -0.318. The van der Waals surface area contributed by atoms with Gasteiger partial charge in [0.05, 0.1) is 65.9 Å². The molecule has 17 nitrogen and oxygen atoms in total. The highest BCUT2D eigenvalue weighted by atomic mass is 32.1. The van der Waals surface area contributed by atoms with Gasteiger partial charge >= 0.3 is 5.97 Å². The van der Waals surface area contributed by atoms with Crippen LogP contribution in [0.1, 0.15) is 93.9 Å². The Kier molecular flexibility index (Phi) is 18.0. The highest BCUT2D eigenvalue weighted by Crippen LogP contribution is 2.47. The minimum Gasteiger partial charge on any atom is -0.462 e. The molecule has 2 bridgehead atoms.